The standard InChI is InChI=1S/C32H34ClN5O3S/c1-18-16-24-29(27(19-6-8-20(33)9-7-19)26(18)28(31(39)40)41-32(2,3)4)42-30(35-24)23-11-10-22-25(34-23)17-38(36-22)21-12-14-37(5)15-13-21/h6-11,16-17,21,28H,12-15H2,1-5H3,(H,39,40). The molecule has 3 aromatic heterocycles. The van der Waals surface area contributed by atoms with Gasteiger partial charge < -0.3 is 14.7 Å². The van der Waals surface area contributed by atoms with Crippen LogP contribution >= 0.6 is 22.9 Å². The molecule has 0 bridgehead atoms. The van der Waals surface area contributed by atoms with E-state index in [1.807, 2.05) is 76.4 Å². The van der Waals surface area contributed by atoms with Crippen molar-refractivity contribution in [2.75, 3.05) is 20.1 Å². The Balaban J connectivity index is 1.48. The Bertz CT molecular complexity index is 1780. The average Bonchev–Trinajstić information content (AvgIpc) is 3.55. The van der Waals surface area contributed by atoms with E-state index in [9.17, 15) is 9.90 Å². The van der Waals surface area contributed by atoms with Gasteiger partial charge in [-0.2, -0.15) is 5.10 Å². The summed E-state index contributed by atoms with van der Waals surface area (Å²) in [5.74, 6) is -1.04. The van der Waals surface area contributed by atoms with Crippen LogP contribution in [0.5, 0.6) is 0 Å². The van der Waals surface area contributed by atoms with Crippen LogP contribution in [0.1, 0.15) is 56.9 Å². The third kappa shape index (κ3) is 5.66. The van der Waals surface area contributed by atoms with Crippen molar-refractivity contribution >= 4 is 50.2 Å². The SMILES string of the molecule is Cc1cc2nc(-c3ccc4nn(C5CCN(C)CC5)cc4n3)sc2c(-c2ccc(Cl)cc2)c1C(OC(C)(C)C)C(=O)O. The van der Waals surface area contributed by atoms with Gasteiger partial charge in [-0.05, 0) is 102 Å². The molecule has 0 saturated carbocycles. The third-order valence-electron chi connectivity index (χ3n) is 7.68. The minimum absolute atomic E-state index is 0.377. The maximum absolute atomic E-state index is 12.6. The van der Waals surface area contributed by atoms with Crippen LogP contribution in [-0.2, 0) is 9.53 Å². The number of ether oxygens (including phenoxy) is 1. The van der Waals surface area contributed by atoms with E-state index >= 15 is 0 Å². The summed E-state index contributed by atoms with van der Waals surface area (Å²) in [7, 11) is 2.16. The van der Waals surface area contributed by atoms with E-state index in [0.717, 1.165) is 74.6 Å². The smallest absolute Gasteiger partial charge is 0.337 e. The molecule has 0 aliphatic carbocycles. The van der Waals surface area contributed by atoms with Crippen LogP contribution in [0.4, 0.5) is 0 Å². The fraction of sp³-hybridized carbons (Fsp3) is 0.375. The molecule has 1 N–H and O–H groups in total. The molecule has 42 heavy (non-hydrogen) atoms. The molecule has 0 radical (unpaired) electrons. The molecule has 1 atom stereocenters. The minimum atomic E-state index is -1.16. The first kappa shape index (κ1) is 28.7. The minimum Gasteiger partial charge on any atom is -0.479 e. The fourth-order valence-electron chi connectivity index (χ4n) is 5.64. The second kappa shape index (κ2) is 11.0. The van der Waals surface area contributed by atoms with Gasteiger partial charge in [-0.15, -0.1) is 11.3 Å². The number of aliphatic carboxylic acids is 1. The molecule has 218 valence electrons. The van der Waals surface area contributed by atoms with E-state index in [-0.39, 0.29) is 0 Å². The van der Waals surface area contributed by atoms with Crippen LogP contribution in [0.15, 0.2) is 48.7 Å². The lowest BCUT2D eigenvalue weighted by Gasteiger charge is -2.28. The summed E-state index contributed by atoms with van der Waals surface area (Å²) in [6.07, 6.45) is 3.03. The second-order valence-corrected chi connectivity index (χ2v) is 13.5. The summed E-state index contributed by atoms with van der Waals surface area (Å²) in [5.41, 5.74) is 5.63. The predicted molar refractivity (Wildman–Crippen MR) is 168 cm³/mol. The van der Waals surface area contributed by atoms with Crippen LogP contribution in [0.25, 0.3) is 43.1 Å². The van der Waals surface area contributed by atoms with Crippen LogP contribution in [0, 0.1) is 6.92 Å². The quantitative estimate of drug-likeness (QED) is 0.214. The normalized spacial score (nSPS) is 16.0. The molecule has 0 amide bonds. The number of carbonyl (C=O) groups is 1. The second-order valence-electron chi connectivity index (χ2n) is 12.0. The highest BCUT2D eigenvalue weighted by Gasteiger charge is 2.32. The number of hydrogen-bond donors (Lipinski definition) is 1. The van der Waals surface area contributed by atoms with Gasteiger partial charge in [-0.3, -0.25) is 4.68 Å². The van der Waals surface area contributed by atoms with Gasteiger partial charge in [0.25, 0.3) is 0 Å². The molecule has 5 aromatic rings. The number of aromatic nitrogens is 4. The van der Waals surface area contributed by atoms with Gasteiger partial charge >= 0.3 is 5.97 Å². The van der Waals surface area contributed by atoms with Crippen molar-refractivity contribution in [3.8, 4) is 21.8 Å². The number of carboxylic acids is 1. The highest BCUT2D eigenvalue weighted by molar-refractivity contribution is 7.22. The topological polar surface area (TPSA) is 93.4 Å². The summed E-state index contributed by atoms with van der Waals surface area (Å²) < 4.78 is 9.08. The first-order valence-electron chi connectivity index (χ1n) is 14.1. The van der Waals surface area contributed by atoms with Crippen LogP contribution in [0.2, 0.25) is 5.02 Å². The van der Waals surface area contributed by atoms with Gasteiger partial charge in [0.15, 0.2) is 6.10 Å². The molecule has 4 heterocycles. The monoisotopic (exact) mass is 603 g/mol. The van der Waals surface area contributed by atoms with Gasteiger partial charge in [0, 0.05) is 16.1 Å². The highest BCUT2D eigenvalue weighted by Crippen LogP contribution is 2.44. The van der Waals surface area contributed by atoms with E-state index < -0.39 is 17.7 Å². The Morgan fingerprint density at radius 2 is 1.79 bits per heavy atom. The molecule has 10 heteroatoms. The number of thiazole rings is 1. The number of piperidine rings is 1. The molecular formula is C32H34ClN5O3S. The molecule has 1 unspecified atom stereocenters. The molecule has 8 nitrogen and oxygen atoms in total. The Morgan fingerprint density at radius 1 is 1.07 bits per heavy atom. The number of fused-ring (bicyclic) bond motifs is 2. The predicted octanol–water partition coefficient (Wildman–Crippen LogP) is 7.54. The summed E-state index contributed by atoms with van der Waals surface area (Å²) >= 11 is 7.73. The number of nitrogens with zero attached hydrogens (tertiary/aromatic N) is 5. The number of benzene rings is 2. The lowest BCUT2D eigenvalue weighted by molar-refractivity contribution is -0.160. The third-order valence-corrected chi connectivity index (χ3v) is 9.04. The fourth-order valence-corrected chi connectivity index (χ4v) is 6.86. The largest absolute Gasteiger partial charge is 0.479 e. The van der Waals surface area contributed by atoms with Gasteiger partial charge in [0.2, 0.25) is 0 Å². The van der Waals surface area contributed by atoms with Crippen molar-refractivity contribution in [3.63, 3.8) is 0 Å². The van der Waals surface area contributed by atoms with Gasteiger partial charge in [0.1, 0.15) is 16.0 Å². The number of halogens is 1. The maximum atomic E-state index is 12.6. The lowest BCUT2D eigenvalue weighted by atomic mass is 9.91. The average molecular weight is 604 g/mol. The Hall–Kier alpha value is -3.37. The van der Waals surface area contributed by atoms with Crippen LogP contribution < -0.4 is 0 Å². The highest BCUT2D eigenvalue weighted by atomic mass is 35.5. The van der Waals surface area contributed by atoms with Crippen molar-refractivity contribution in [3.05, 3.63) is 64.8 Å². The van der Waals surface area contributed by atoms with Crippen molar-refractivity contribution in [1.29, 1.82) is 0 Å². The van der Waals surface area contributed by atoms with Gasteiger partial charge in [-0.25, -0.2) is 14.8 Å². The summed E-state index contributed by atoms with van der Waals surface area (Å²) in [6, 6.07) is 13.7. The van der Waals surface area contributed by atoms with E-state index in [1.54, 1.807) is 0 Å². The van der Waals surface area contributed by atoms with Gasteiger partial charge in [0.05, 0.1) is 33.8 Å². The number of hydrogen-bond acceptors (Lipinski definition) is 7. The van der Waals surface area contributed by atoms with E-state index in [0.29, 0.717) is 16.6 Å². The molecule has 1 saturated heterocycles. The van der Waals surface area contributed by atoms with Crippen LogP contribution in [0.3, 0.4) is 0 Å². The van der Waals surface area contributed by atoms with Crippen molar-refractivity contribution in [2.24, 2.45) is 0 Å². The number of carboxylic acid groups (broad SMARTS) is 1. The first-order chi connectivity index (χ1) is 20.0. The van der Waals surface area contributed by atoms with E-state index in [4.69, 9.17) is 31.4 Å². The number of likely N-dealkylation sites (tertiary alicyclic amines) is 1. The number of pyridine rings is 1. The molecule has 1 aliphatic rings. The number of rotatable bonds is 6. The van der Waals surface area contributed by atoms with Crippen molar-refractivity contribution in [1.82, 2.24) is 24.6 Å². The zero-order valence-electron chi connectivity index (χ0n) is 24.4. The lowest BCUT2D eigenvalue weighted by Crippen LogP contribution is -2.31. The molecule has 1 fully saturated rings. The Morgan fingerprint density at radius 3 is 2.45 bits per heavy atom. The molecule has 2 aromatic carbocycles. The van der Waals surface area contributed by atoms with E-state index in [1.165, 1.54) is 11.3 Å². The summed E-state index contributed by atoms with van der Waals surface area (Å²) in [4.78, 5) is 24.9. The summed E-state index contributed by atoms with van der Waals surface area (Å²) in [5, 5.41) is 16.5. The van der Waals surface area contributed by atoms with Gasteiger partial charge in [-0.1, -0.05) is 23.7 Å². The molecular weight excluding hydrogens is 570 g/mol. The number of aryl methyl sites for hydroxylation is 1. The maximum Gasteiger partial charge on any atom is 0.337 e. The van der Waals surface area contributed by atoms with Crippen molar-refractivity contribution < 1.29 is 14.6 Å². The van der Waals surface area contributed by atoms with Crippen molar-refractivity contribution in [2.45, 2.75) is 58.3 Å². The molecule has 6 rings (SSSR count). The molecule has 0 spiro atoms. The first-order valence-corrected chi connectivity index (χ1v) is 15.3. The summed E-state index contributed by atoms with van der Waals surface area (Å²) in [6.45, 7) is 9.62. The zero-order chi connectivity index (χ0) is 29.8. The van der Waals surface area contributed by atoms with E-state index in [2.05, 4.69) is 16.6 Å². The van der Waals surface area contributed by atoms with Crippen LogP contribution in [-0.4, -0.2) is 61.5 Å². The Kier molecular flexibility index (Phi) is 7.55. The molecule has 1 aliphatic heterocycles. The zero-order valence-corrected chi connectivity index (χ0v) is 26.0. The Labute approximate surface area is 253 Å².